The van der Waals surface area contributed by atoms with Crippen molar-refractivity contribution in [3.05, 3.63) is 58.4 Å². The monoisotopic (exact) mass is 489 g/mol. The first kappa shape index (κ1) is 26.0. The molecule has 184 valence electrons. The van der Waals surface area contributed by atoms with Gasteiger partial charge in [-0.1, -0.05) is 18.0 Å². The van der Waals surface area contributed by atoms with Crippen molar-refractivity contribution in [2.75, 3.05) is 39.0 Å². The van der Waals surface area contributed by atoms with Gasteiger partial charge in [0, 0.05) is 24.6 Å². The minimum Gasteiger partial charge on any atom is -0.496 e. The Morgan fingerprint density at radius 2 is 1.85 bits per heavy atom. The quantitative estimate of drug-likeness (QED) is 0.265. The maximum absolute atomic E-state index is 13.0. The number of piperidine rings is 1. The summed E-state index contributed by atoms with van der Waals surface area (Å²) < 4.78 is 18.2. The number of ketones is 1. The van der Waals surface area contributed by atoms with Gasteiger partial charge in [0.1, 0.15) is 11.6 Å². The Balaban J connectivity index is 1.30. The lowest BCUT2D eigenvalue weighted by Gasteiger charge is -2.32. The predicted molar refractivity (Wildman–Crippen MR) is 133 cm³/mol. The van der Waals surface area contributed by atoms with Crippen LogP contribution in [-0.2, 0) is 0 Å². The van der Waals surface area contributed by atoms with Crippen LogP contribution >= 0.6 is 11.6 Å². The van der Waals surface area contributed by atoms with Crippen molar-refractivity contribution in [1.29, 1.82) is 0 Å². The van der Waals surface area contributed by atoms with Gasteiger partial charge in [0.2, 0.25) is 0 Å². The van der Waals surface area contributed by atoms with Gasteiger partial charge in [-0.2, -0.15) is 0 Å². The highest BCUT2D eigenvalue weighted by molar-refractivity contribution is 6.33. The fraction of sp³-hybridized carbons (Fsp3) is 0.462. The van der Waals surface area contributed by atoms with Crippen LogP contribution in [0.2, 0.25) is 5.02 Å². The van der Waals surface area contributed by atoms with E-state index < -0.39 is 0 Å². The van der Waals surface area contributed by atoms with Crippen molar-refractivity contribution in [1.82, 2.24) is 10.2 Å². The zero-order valence-electron chi connectivity index (χ0n) is 19.6. The van der Waals surface area contributed by atoms with Crippen LogP contribution in [0, 0.1) is 11.7 Å². The van der Waals surface area contributed by atoms with E-state index in [1.807, 2.05) is 0 Å². The number of nitrogens with one attached hydrogen (secondary N) is 1. The number of halogens is 2. The number of amides is 1. The smallest absolute Gasteiger partial charge is 0.255 e. The molecule has 2 aromatic carbocycles. The van der Waals surface area contributed by atoms with Gasteiger partial charge in [0.15, 0.2) is 5.78 Å². The minimum atomic E-state index is -0.324. The van der Waals surface area contributed by atoms with E-state index in [0.717, 1.165) is 51.7 Å². The Labute approximate surface area is 205 Å². The number of hydrogen-bond donors (Lipinski definition) is 2. The van der Waals surface area contributed by atoms with Gasteiger partial charge < -0.3 is 20.7 Å². The van der Waals surface area contributed by atoms with Crippen LogP contribution in [0.15, 0.2) is 36.4 Å². The molecular weight excluding hydrogens is 457 g/mol. The summed E-state index contributed by atoms with van der Waals surface area (Å²) in [4.78, 5) is 27.2. The first-order valence-electron chi connectivity index (χ1n) is 11.8. The summed E-state index contributed by atoms with van der Waals surface area (Å²) in [6.07, 6.45) is 5.45. The number of rotatable bonds is 11. The molecule has 3 rings (SSSR count). The summed E-state index contributed by atoms with van der Waals surface area (Å²) in [6, 6.07) is 8.85. The number of ether oxygens (including phenoxy) is 1. The highest BCUT2D eigenvalue weighted by Gasteiger charge is 2.21. The third-order valence-corrected chi connectivity index (χ3v) is 6.69. The van der Waals surface area contributed by atoms with Crippen LogP contribution < -0.4 is 15.8 Å². The standard InChI is InChI=1S/C26H33ClFN3O3/c1-34-25-16-23(29)22(27)15-21(25)26(33)30-17-18-10-13-31(14-11-18)12-4-2-3-5-24(32)19-6-8-20(28)9-7-19/h6-9,15-16,18H,2-5,10-14,17,29H2,1H3,(H,30,33). The number of Topliss-reactive ketones (excluding diaryl/α,β-unsaturated/α-hetero) is 1. The molecule has 0 saturated carbocycles. The van der Waals surface area contributed by atoms with E-state index in [1.54, 1.807) is 24.3 Å². The normalized spacial score (nSPS) is 14.7. The molecule has 1 amide bonds. The average molecular weight is 490 g/mol. The summed E-state index contributed by atoms with van der Waals surface area (Å²) in [5.41, 5.74) is 7.13. The number of benzene rings is 2. The van der Waals surface area contributed by atoms with Crippen LogP contribution in [0.25, 0.3) is 0 Å². The first-order chi connectivity index (χ1) is 16.4. The average Bonchev–Trinajstić information content (AvgIpc) is 2.84. The molecule has 0 bridgehead atoms. The maximum atomic E-state index is 13.0. The summed E-state index contributed by atoms with van der Waals surface area (Å²) in [7, 11) is 1.50. The molecule has 1 fully saturated rings. The Hall–Kier alpha value is -2.64. The predicted octanol–water partition coefficient (Wildman–Crippen LogP) is 4.96. The first-order valence-corrected chi connectivity index (χ1v) is 12.2. The second-order valence-electron chi connectivity index (χ2n) is 8.81. The van der Waals surface area contributed by atoms with Crippen molar-refractivity contribution in [2.45, 2.75) is 38.5 Å². The number of unbranched alkanes of at least 4 members (excludes halogenated alkanes) is 2. The number of nitrogens with two attached hydrogens (primary N) is 1. The van der Waals surface area contributed by atoms with Crippen molar-refractivity contribution < 1.29 is 18.7 Å². The zero-order valence-corrected chi connectivity index (χ0v) is 20.4. The molecule has 0 unspecified atom stereocenters. The Kier molecular flexibility index (Phi) is 9.72. The fourth-order valence-corrected chi connectivity index (χ4v) is 4.40. The van der Waals surface area contributed by atoms with Crippen LogP contribution in [0.5, 0.6) is 5.75 Å². The van der Waals surface area contributed by atoms with Crippen molar-refractivity contribution in [2.24, 2.45) is 5.92 Å². The molecule has 2 aromatic rings. The third-order valence-electron chi connectivity index (χ3n) is 6.37. The minimum absolute atomic E-state index is 0.0710. The van der Waals surface area contributed by atoms with E-state index in [4.69, 9.17) is 22.1 Å². The molecule has 8 heteroatoms. The molecule has 0 aliphatic carbocycles. The molecule has 0 spiro atoms. The van der Waals surface area contributed by atoms with Crippen LogP contribution in [0.4, 0.5) is 10.1 Å². The van der Waals surface area contributed by atoms with Crippen LogP contribution in [-0.4, -0.2) is 49.9 Å². The highest BCUT2D eigenvalue weighted by atomic mass is 35.5. The van der Waals surface area contributed by atoms with Crippen molar-refractivity contribution in [3.8, 4) is 5.75 Å². The van der Waals surface area contributed by atoms with Gasteiger partial charge in [-0.25, -0.2) is 4.39 Å². The van der Waals surface area contributed by atoms with Crippen molar-refractivity contribution in [3.63, 3.8) is 0 Å². The third kappa shape index (κ3) is 7.43. The van der Waals surface area contributed by atoms with Gasteiger partial charge in [0.25, 0.3) is 5.91 Å². The van der Waals surface area contributed by atoms with Gasteiger partial charge in [-0.05, 0) is 81.6 Å². The number of carbonyl (C=O) groups is 2. The molecule has 1 aliphatic rings. The van der Waals surface area contributed by atoms with Crippen LogP contribution in [0.1, 0.15) is 59.2 Å². The lowest BCUT2D eigenvalue weighted by molar-refractivity contribution is 0.0932. The Morgan fingerprint density at radius 1 is 1.15 bits per heavy atom. The number of hydrogen-bond acceptors (Lipinski definition) is 5. The lowest BCUT2D eigenvalue weighted by atomic mass is 9.96. The van der Waals surface area contributed by atoms with Gasteiger partial charge in [-0.3, -0.25) is 9.59 Å². The second kappa shape index (κ2) is 12.7. The van der Waals surface area contributed by atoms with E-state index in [9.17, 15) is 14.0 Å². The SMILES string of the molecule is COc1cc(N)c(Cl)cc1C(=O)NCC1CCN(CCCCCC(=O)c2ccc(F)cc2)CC1. The van der Waals surface area contributed by atoms with E-state index >= 15 is 0 Å². The van der Waals surface area contributed by atoms with Crippen molar-refractivity contribution >= 4 is 29.0 Å². The number of carbonyl (C=O) groups excluding carboxylic acids is 2. The fourth-order valence-electron chi connectivity index (χ4n) is 4.24. The zero-order chi connectivity index (χ0) is 24.5. The van der Waals surface area contributed by atoms with Crippen LogP contribution in [0.3, 0.4) is 0 Å². The molecule has 0 atom stereocenters. The molecule has 0 aromatic heterocycles. The molecule has 1 heterocycles. The number of methoxy groups -OCH3 is 1. The Bertz CT molecular complexity index is 976. The van der Waals surface area contributed by atoms with Gasteiger partial charge in [0.05, 0.1) is 23.4 Å². The van der Waals surface area contributed by atoms with Gasteiger partial charge in [-0.15, -0.1) is 0 Å². The number of nitrogens with zero attached hydrogens (tertiary/aromatic N) is 1. The molecule has 0 radical (unpaired) electrons. The molecule has 1 aliphatic heterocycles. The largest absolute Gasteiger partial charge is 0.496 e. The Morgan fingerprint density at radius 3 is 2.53 bits per heavy atom. The summed E-state index contributed by atoms with van der Waals surface area (Å²) in [5, 5.41) is 3.33. The molecular formula is C26H33ClFN3O3. The highest BCUT2D eigenvalue weighted by Crippen LogP contribution is 2.29. The summed E-state index contributed by atoms with van der Waals surface area (Å²) >= 11 is 6.07. The molecule has 1 saturated heterocycles. The van der Waals surface area contributed by atoms with E-state index in [1.165, 1.54) is 19.2 Å². The number of nitrogen functional groups attached to an aromatic ring is 1. The molecule has 3 N–H and O–H groups in total. The number of anilines is 1. The maximum Gasteiger partial charge on any atom is 0.255 e. The summed E-state index contributed by atoms with van der Waals surface area (Å²) in [5.74, 6) is 0.380. The topological polar surface area (TPSA) is 84.7 Å². The number of likely N-dealkylation sites (tertiary alicyclic amines) is 1. The van der Waals surface area contributed by atoms with E-state index in [0.29, 0.717) is 46.5 Å². The molecule has 6 nitrogen and oxygen atoms in total. The molecule has 34 heavy (non-hydrogen) atoms. The second-order valence-corrected chi connectivity index (χ2v) is 9.22. The van der Waals surface area contributed by atoms with E-state index in [2.05, 4.69) is 10.2 Å². The van der Waals surface area contributed by atoms with Gasteiger partial charge >= 0.3 is 0 Å². The summed E-state index contributed by atoms with van der Waals surface area (Å²) in [6.45, 7) is 3.65. The lowest BCUT2D eigenvalue weighted by Crippen LogP contribution is -2.39. The van der Waals surface area contributed by atoms with E-state index in [-0.39, 0.29) is 17.5 Å².